The SMILES string of the molecule is CCOC(=O)COc1nc(NCc2ccc(N)cc2)ncc1C(=O)OCC. The van der Waals surface area contributed by atoms with E-state index >= 15 is 0 Å². The van der Waals surface area contributed by atoms with E-state index in [1.807, 2.05) is 12.1 Å². The molecule has 0 aliphatic carbocycles. The van der Waals surface area contributed by atoms with E-state index in [1.165, 1.54) is 6.20 Å². The number of hydrogen-bond acceptors (Lipinski definition) is 9. The number of nitrogens with zero attached hydrogens (tertiary/aromatic N) is 2. The monoisotopic (exact) mass is 374 g/mol. The average Bonchev–Trinajstić information content (AvgIpc) is 2.66. The van der Waals surface area contributed by atoms with E-state index in [4.69, 9.17) is 19.9 Å². The van der Waals surface area contributed by atoms with Gasteiger partial charge < -0.3 is 25.3 Å². The van der Waals surface area contributed by atoms with Gasteiger partial charge in [0.1, 0.15) is 5.56 Å². The van der Waals surface area contributed by atoms with Crippen LogP contribution in [0.15, 0.2) is 30.5 Å². The van der Waals surface area contributed by atoms with Gasteiger partial charge >= 0.3 is 11.9 Å². The molecule has 9 heteroatoms. The summed E-state index contributed by atoms with van der Waals surface area (Å²) >= 11 is 0. The molecule has 144 valence electrons. The van der Waals surface area contributed by atoms with E-state index < -0.39 is 11.9 Å². The lowest BCUT2D eigenvalue weighted by atomic mass is 10.2. The third-order valence-electron chi connectivity index (χ3n) is 3.31. The lowest BCUT2D eigenvalue weighted by molar-refractivity contribution is -0.145. The van der Waals surface area contributed by atoms with E-state index in [1.54, 1.807) is 26.0 Å². The summed E-state index contributed by atoms with van der Waals surface area (Å²) in [5.74, 6) is -1.03. The normalized spacial score (nSPS) is 10.1. The molecule has 3 N–H and O–H groups in total. The Hall–Kier alpha value is -3.36. The number of aromatic nitrogens is 2. The molecule has 0 aliphatic rings. The quantitative estimate of drug-likeness (QED) is 0.499. The third-order valence-corrected chi connectivity index (χ3v) is 3.31. The fourth-order valence-electron chi connectivity index (χ4n) is 2.06. The van der Waals surface area contributed by atoms with Crippen LogP contribution < -0.4 is 15.8 Å². The smallest absolute Gasteiger partial charge is 0.345 e. The summed E-state index contributed by atoms with van der Waals surface area (Å²) in [5.41, 5.74) is 7.33. The number of rotatable bonds is 9. The van der Waals surface area contributed by atoms with Crippen LogP contribution in [-0.2, 0) is 20.8 Å². The summed E-state index contributed by atoms with van der Waals surface area (Å²) in [7, 11) is 0. The molecule has 1 aromatic carbocycles. The van der Waals surface area contributed by atoms with Crippen molar-refractivity contribution in [3.63, 3.8) is 0 Å². The number of carbonyl (C=O) groups is 2. The number of nitrogen functional groups attached to an aromatic ring is 1. The summed E-state index contributed by atoms with van der Waals surface area (Å²) in [6.45, 7) is 3.84. The van der Waals surface area contributed by atoms with Crippen LogP contribution in [0.3, 0.4) is 0 Å². The van der Waals surface area contributed by atoms with Crippen molar-refractivity contribution in [1.29, 1.82) is 0 Å². The Morgan fingerprint density at radius 1 is 1.11 bits per heavy atom. The highest BCUT2D eigenvalue weighted by Gasteiger charge is 2.18. The molecule has 1 aromatic heterocycles. The molecular formula is C18H22N4O5. The van der Waals surface area contributed by atoms with Gasteiger partial charge in [-0.15, -0.1) is 0 Å². The predicted molar refractivity (Wildman–Crippen MR) is 98.3 cm³/mol. The second kappa shape index (κ2) is 9.95. The number of ether oxygens (including phenoxy) is 3. The van der Waals surface area contributed by atoms with Gasteiger partial charge in [-0.25, -0.2) is 14.6 Å². The highest BCUT2D eigenvalue weighted by Crippen LogP contribution is 2.18. The van der Waals surface area contributed by atoms with Crippen molar-refractivity contribution in [2.45, 2.75) is 20.4 Å². The number of benzene rings is 1. The molecule has 0 radical (unpaired) electrons. The number of esters is 2. The molecule has 1 heterocycles. The van der Waals surface area contributed by atoms with E-state index in [-0.39, 0.29) is 37.2 Å². The molecule has 27 heavy (non-hydrogen) atoms. The van der Waals surface area contributed by atoms with Gasteiger partial charge in [0.05, 0.1) is 19.4 Å². The molecule has 9 nitrogen and oxygen atoms in total. The highest BCUT2D eigenvalue weighted by molar-refractivity contribution is 5.91. The summed E-state index contributed by atoms with van der Waals surface area (Å²) in [6.07, 6.45) is 1.29. The first-order chi connectivity index (χ1) is 13.0. The molecular weight excluding hydrogens is 352 g/mol. The predicted octanol–water partition coefficient (Wildman–Crippen LogP) is 1.79. The molecule has 0 atom stereocenters. The van der Waals surface area contributed by atoms with Crippen molar-refractivity contribution in [3.8, 4) is 5.88 Å². The van der Waals surface area contributed by atoms with E-state index in [9.17, 15) is 9.59 Å². The summed E-state index contributed by atoms with van der Waals surface area (Å²) < 4.78 is 15.1. The zero-order chi connectivity index (χ0) is 19.6. The Morgan fingerprint density at radius 2 is 1.81 bits per heavy atom. The maximum atomic E-state index is 12.0. The molecule has 0 saturated heterocycles. The number of carbonyl (C=O) groups excluding carboxylic acids is 2. The molecule has 0 bridgehead atoms. The van der Waals surface area contributed by atoms with Crippen LogP contribution in [-0.4, -0.2) is 41.7 Å². The Labute approximate surface area is 156 Å². The first kappa shape index (κ1) is 20.0. The van der Waals surface area contributed by atoms with Crippen LogP contribution in [0, 0.1) is 0 Å². The van der Waals surface area contributed by atoms with Crippen LogP contribution in [0.5, 0.6) is 5.88 Å². The maximum absolute atomic E-state index is 12.0. The molecule has 0 fully saturated rings. The number of nitrogens with one attached hydrogen (secondary N) is 1. The Bertz CT molecular complexity index is 780. The zero-order valence-electron chi connectivity index (χ0n) is 15.2. The summed E-state index contributed by atoms with van der Waals surface area (Å²) in [4.78, 5) is 31.8. The third kappa shape index (κ3) is 6.14. The van der Waals surface area contributed by atoms with Gasteiger partial charge in [0.15, 0.2) is 6.61 Å². The van der Waals surface area contributed by atoms with Gasteiger partial charge in [-0.2, -0.15) is 4.98 Å². The summed E-state index contributed by atoms with van der Waals surface area (Å²) in [6, 6.07) is 7.31. The van der Waals surface area contributed by atoms with Crippen LogP contribution in [0.4, 0.5) is 11.6 Å². The summed E-state index contributed by atoms with van der Waals surface area (Å²) in [5, 5.41) is 3.02. The average molecular weight is 374 g/mol. The molecule has 0 saturated carbocycles. The highest BCUT2D eigenvalue weighted by atomic mass is 16.6. The number of anilines is 2. The lowest BCUT2D eigenvalue weighted by Crippen LogP contribution is -2.18. The number of nitrogens with two attached hydrogens (primary N) is 1. The lowest BCUT2D eigenvalue weighted by Gasteiger charge is -2.11. The van der Waals surface area contributed by atoms with Gasteiger partial charge in [0.2, 0.25) is 11.8 Å². The van der Waals surface area contributed by atoms with Crippen molar-refractivity contribution >= 4 is 23.6 Å². The molecule has 2 rings (SSSR count). The van der Waals surface area contributed by atoms with Gasteiger partial charge in [-0.3, -0.25) is 0 Å². The Morgan fingerprint density at radius 3 is 2.48 bits per heavy atom. The molecule has 0 aliphatic heterocycles. The molecule has 2 aromatic rings. The minimum atomic E-state index is -0.638. The standard InChI is InChI=1S/C18H22N4O5/c1-3-25-15(23)11-27-16-14(17(24)26-4-2)10-21-18(22-16)20-9-12-5-7-13(19)8-6-12/h5-8,10H,3-4,9,11,19H2,1-2H3,(H,20,21,22). The largest absolute Gasteiger partial charge is 0.465 e. The topological polar surface area (TPSA) is 126 Å². The van der Waals surface area contributed by atoms with Gasteiger partial charge in [0.25, 0.3) is 0 Å². The van der Waals surface area contributed by atoms with Crippen molar-refractivity contribution in [3.05, 3.63) is 41.6 Å². The van der Waals surface area contributed by atoms with Crippen LogP contribution in [0.1, 0.15) is 29.8 Å². The first-order valence-corrected chi connectivity index (χ1v) is 8.44. The van der Waals surface area contributed by atoms with Crippen molar-refractivity contribution in [2.24, 2.45) is 0 Å². The first-order valence-electron chi connectivity index (χ1n) is 8.44. The Balaban J connectivity index is 2.13. The van der Waals surface area contributed by atoms with Crippen molar-refractivity contribution in [2.75, 3.05) is 30.9 Å². The van der Waals surface area contributed by atoms with Crippen molar-refractivity contribution in [1.82, 2.24) is 9.97 Å². The van der Waals surface area contributed by atoms with Gasteiger partial charge in [-0.05, 0) is 31.5 Å². The second-order valence-corrected chi connectivity index (χ2v) is 5.32. The molecule has 0 amide bonds. The van der Waals surface area contributed by atoms with E-state index in [0.717, 1.165) is 5.56 Å². The van der Waals surface area contributed by atoms with Gasteiger partial charge in [0, 0.05) is 12.2 Å². The van der Waals surface area contributed by atoms with Crippen molar-refractivity contribution < 1.29 is 23.8 Å². The fourth-order valence-corrected chi connectivity index (χ4v) is 2.06. The maximum Gasteiger partial charge on any atom is 0.345 e. The second-order valence-electron chi connectivity index (χ2n) is 5.32. The van der Waals surface area contributed by atoms with Crippen LogP contribution in [0.2, 0.25) is 0 Å². The van der Waals surface area contributed by atoms with Crippen LogP contribution >= 0.6 is 0 Å². The minimum absolute atomic E-state index is 0.0270. The fraction of sp³-hybridized carbons (Fsp3) is 0.333. The van der Waals surface area contributed by atoms with E-state index in [2.05, 4.69) is 15.3 Å². The van der Waals surface area contributed by atoms with Gasteiger partial charge in [-0.1, -0.05) is 12.1 Å². The molecule has 0 unspecified atom stereocenters. The number of hydrogen-bond donors (Lipinski definition) is 2. The van der Waals surface area contributed by atoms with Crippen LogP contribution in [0.25, 0.3) is 0 Å². The Kier molecular flexibility index (Phi) is 7.36. The molecule has 0 spiro atoms. The zero-order valence-corrected chi connectivity index (χ0v) is 15.2. The van der Waals surface area contributed by atoms with E-state index in [0.29, 0.717) is 12.2 Å². The minimum Gasteiger partial charge on any atom is -0.465 e.